The molecule has 0 saturated carbocycles. The third-order valence-corrected chi connectivity index (χ3v) is 3.65. The Bertz CT molecular complexity index is 613. The van der Waals surface area contributed by atoms with Crippen molar-refractivity contribution in [3.63, 3.8) is 0 Å². The molecule has 5 nitrogen and oxygen atoms in total. The predicted octanol–water partition coefficient (Wildman–Crippen LogP) is -2.56. The molecule has 0 unspecified atom stereocenters. The van der Waals surface area contributed by atoms with Crippen LogP contribution in [0.25, 0.3) is 0 Å². The van der Waals surface area contributed by atoms with Gasteiger partial charge in [-0.05, 0) is 23.6 Å². The van der Waals surface area contributed by atoms with E-state index in [1.807, 2.05) is 10.8 Å². The maximum Gasteiger partial charge on any atom is 1.00 e. The largest absolute Gasteiger partial charge is 1.00 e. The van der Waals surface area contributed by atoms with Gasteiger partial charge in [-0.15, -0.1) is 0 Å². The van der Waals surface area contributed by atoms with Gasteiger partial charge in [0.1, 0.15) is 0 Å². The molecule has 2 heterocycles. The van der Waals surface area contributed by atoms with Gasteiger partial charge < -0.3 is 19.4 Å². The minimum Gasteiger partial charge on any atom is -0.550 e. The van der Waals surface area contributed by atoms with Gasteiger partial charge in [-0.25, -0.2) is 4.98 Å². The van der Waals surface area contributed by atoms with Crippen LogP contribution in [0.4, 0.5) is 5.69 Å². The fraction of sp³-hybridized carbons (Fsp3) is 0.333. The molecule has 0 amide bonds. The molecule has 0 fully saturated rings. The molecule has 0 N–H and O–H groups in total. The third kappa shape index (κ3) is 3.87. The van der Waals surface area contributed by atoms with Crippen LogP contribution in [-0.2, 0) is 17.8 Å². The zero-order valence-electron chi connectivity index (χ0n) is 12.2. The Morgan fingerprint density at radius 3 is 2.95 bits per heavy atom. The molecule has 21 heavy (non-hydrogen) atoms. The molecule has 3 rings (SSSR count). The molecular formula is C15H16N3NaO2. The summed E-state index contributed by atoms with van der Waals surface area (Å²) in [5.41, 5.74) is 3.64. The number of rotatable bonds is 5. The van der Waals surface area contributed by atoms with Crippen LogP contribution in [0.5, 0.6) is 0 Å². The topological polar surface area (TPSA) is 61.2 Å². The van der Waals surface area contributed by atoms with Crippen LogP contribution in [0.1, 0.15) is 17.5 Å². The van der Waals surface area contributed by atoms with E-state index >= 15 is 0 Å². The summed E-state index contributed by atoms with van der Waals surface area (Å²) >= 11 is 0. The van der Waals surface area contributed by atoms with E-state index in [9.17, 15) is 9.90 Å². The first kappa shape index (κ1) is 16.1. The summed E-state index contributed by atoms with van der Waals surface area (Å²) < 4.78 is 2.02. The number of carbonyl (C=O) groups is 1. The van der Waals surface area contributed by atoms with Crippen molar-refractivity contribution < 1.29 is 39.5 Å². The maximum atomic E-state index is 10.6. The van der Waals surface area contributed by atoms with Gasteiger partial charge in [-0.2, -0.15) is 0 Å². The Morgan fingerprint density at radius 1 is 1.38 bits per heavy atom. The van der Waals surface area contributed by atoms with E-state index in [2.05, 4.69) is 28.1 Å². The van der Waals surface area contributed by atoms with Gasteiger partial charge in [0.05, 0.1) is 6.33 Å². The second-order valence-corrected chi connectivity index (χ2v) is 5.06. The Morgan fingerprint density at radius 2 is 2.24 bits per heavy atom. The molecule has 0 radical (unpaired) electrons. The number of hydrogen-bond donors (Lipinski definition) is 0. The summed E-state index contributed by atoms with van der Waals surface area (Å²) in [6.45, 7) is 2.18. The van der Waals surface area contributed by atoms with Gasteiger partial charge in [0.2, 0.25) is 0 Å². The molecule has 0 atom stereocenters. The van der Waals surface area contributed by atoms with E-state index in [-0.39, 0.29) is 36.0 Å². The van der Waals surface area contributed by atoms with E-state index in [4.69, 9.17) is 0 Å². The van der Waals surface area contributed by atoms with Crippen LogP contribution < -0.4 is 39.6 Å². The number of carbonyl (C=O) groups excluding carboxylic acids is 1. The molecule has 0 spiro atoms. The molecule has 1 aromatic heterocycles. The van der Waals surface area contributed by atoms with Crippen LogP contribution in [0.2, 0.25) is 0 Å². The molecule has 0 bridgehead atoms. The minimum atomic E-state index is -0.993. The van der Waals surface area contributed by atoms with Crippen molar-refractivity contribution in [1.29, 1.82) is 0 Å². The van der Waals surface area contributed by atoms with Gasteiger partial charge in [0.15, 0.2) is 0 Å². The predicted molar refractivity (Wildman–Crippen MR) is 73.3 cm³/mol. The van der Waals surface area contributed by atoms with Crippen LogP contribution >= 0.6 is 0 Å². The maximum absolute atomic E-state index is 10.6. The first-order valence-corrected chi connectivity index (χ1v) is 6.75. The van der Waals surface area contributed by atoms with Crippen LogP contribution in [0.15, 0.2) is 36.9 Å². The van der Waals surface area contributed by atoms with Gasteiger partial charge in [0, 0.05) is 50.1 Å². The van der Waals surface area contributed by atoms with Crippen molar-refractivity contribution in [3.8, 4) is 0 Å². The summed E-state index contributed by atoms with van der Waals surface area (Å²) in [5, 5.41) is 10.6. The van der Waals surface area contributed by atoms with Gasteiger partial charge >= 0.3 is 29.6 Å². The summed E-state index contributed by atoms with van der Waals surface area (Å²) in [6, 6.07) is 6.42. The number of benzene rings is 1. The van der Waals surface area contributed by atoms with Gasteiger partial charge in [0.25, 0.3) is 0 Å². The third-order valence-electron chi connectivity index (χ3n) is 3.65. The van der Waals surface area contributed by atoms with Gasteiger partial charge in [-0.3, -0.25) is 0 Å². The van der Waals surface area contributed by atoms with Crippen molar-refractivity contribution in [2.75, 3.05) is 18.0 Å². The summed E-state index contributed by atoms with van der Waals surface area (Å²) in [4.78, 5) is 16.8. The molecule has 2 aromatic rings. The first-order chi connectivity index (χ1) is 9.72. The zero-order chi connectivity index (χ0) is 13.9. The molecule has 104 valence electrons. The number of carboxylic acid groups (broad SMARTS) is 1. The van der Waals surface area contributed by atoms with Gasteiger partial charge in [-0.1, -0.05) is 12.1 Å². The number of aliphatic carboxylic acids is 1. The molecule has 1 aromatic carbocycles. The average Bonchev–Trinajstić information content (AvgIpc) is 3.05. The second-order valence-electron chi connectivity index (χ2n) is 5.06. The van der Waals surface area contributed by atoms with Crippen molar-refractivity contribution in [2.45, 2.75) is 19.4 Å². The van der Waals surface area contributed by atoms with E-state index in [0.717, 1.165) is 25.2 Å². The Balaban J connectivity index is 0.00000161. The van der Waals surface area contributed by atoms with Crippen molar-refractivity contribution in [1.82, 2.24) is 9.55 Å². The van der Waals surface area contributed by atoms with E-state index in [1.165, 1.54) is 11.1 Å². The van der Waals surface area contributed by atoms with Crippen molar-refractivity contribution >= 4 is 11.7 Å². The summed E-state index contributed by atoms with van der Waals surface area (Å²) in [6.07, 6.45) is 6.54. The molecule has 1 aliphatic heterocycles. The number of nitrogens with zero attached hydrogens (tertiary/aromatic N) is 3. The van der Waals surface area contributed by atoms with E-state index in [1.54, 1.807) is 12.5 Å². The smallest absolute Gasteiger partial charge is 0.550 e. The second kappa shape index (κ2) is 7.11. The fourth-order valence-corrected chi connectivity index (χ4v) is 2.64. The summed E-state index contributed by atoms with van der Waals surface area (Å²) in [5.74, 6) is -0.993. The minimum absolute atomic E-state index is 0. The monoisotopic (exact) mass is 293 g/mol. The zero-order valence-corrected chi connectivity index (χ0v) is 14.2. The van der Waals surface area contributed by atoms with Crippen molar-refractivity contribution in [3.05, 3.63) is 48.0 Å². The molecule has 1 aliphatic rings. The number of imidazole rings is 1. The fourth-order valence-electron chi connectivity index (χ4n) is 2.64. The molecule has 0 saturated heterocycles. The summed E-state index contributed by atoms with van der Waals surface area (Å²) in [7, 11) is 0. The molecular weight excluding hydrogens is 277 g/mol. The SMILES string of the molecule is O=C([O-])CCN1CCc2ccc(Cn3ccnc3)cc21.[Na+]. The average molecular weight is 293 g/mol. The first-order valence-electron chi connectivity index (χ1n) is 6.75. The van der Waals surface area contributed by atoms with E-state index < -0.39 is 5.97 Å². The Kier molecular flexibility index (Phi) is 5.45. The van der Waals surface area contributed by atoms with E-state index in [0.29, 0.717) is 6.54 Å². The molecule has 0 aliphatic carbocycles. The number of hydrogen-bond acceptors (Lipinski definition) is 4. The number of aromatic nitrogens is 2. The van der Waals surface area contributed by atoms with Crippen LogP contribution in [-0.4, -0.2) is 28.6 Å². The van der Waals surface area contributed by atoms with Crippen LogP contribution in [0.3, 0.4) is 0 Å². The number of carboxylic acids is 1. The standard InChI is InChI=1S/C15H17N3O2.Na/c19-15(20)4-7-18-6-3-13-2-1-12(9-14(13)18)10-17-8-5-16-11-17;/h1-2,5,8-9,11H,3-4,6-7,10H2,(H,19,20);/q;+1/p-1. The normalized spacial score (nSPS) is 12.9. The number of anilines is 1. The quantitative estimate of drug-likeness (QED) is 0.569. The Labute approximate surface area is 145 Å². The Hall–Kier alpha value is -1.30. The van der Waals surface area contributed by atoms with Crippen molar-refractivity contribution in [2.24, 2.45) is 0 Å². The van der Waals surface area contributed by atoms with Crippen LogP contribution in [0, 0.1) is 0 Å². The molecule has 6 heteroatoms. The number of fused-ring (bicyclic) bond motifs is 1.